The number of fused-ring (bicyclic) bond motifs is 12. The average Bonchev–Trinajstić information content (AvgIpc) is 4.47. The van der Waals surface area contributed by atoms with E-state index in [0.717, 1.165) is 48.8 Å². The Morgan fingerprint density at radius 3 is 0.538 bits per heavy atom. The molecular weight excluding hydrogens is 1110 g/mol. The summed E-state index contributed by atoms with van der Waals surface area (Å²) in [6, 6.07) is 45.9. The van der Waals surface area contributed by atoms with E-state index in [1.807, 2.05) is 156 Å². The molecule has 12 heterocycles. The van der Waals surface area contributed by atoms with E-state index in [2.05, 4.69) is 0 Å². The Morgan fingerprint density at radius 1 is 0.167 bits per heavy atom. The van der Waals surface area contributed by atoms with Crippen LogP contribution in [0.1, 0.15) is 0 Å². The second-order valence-corrected chi connectivity index (χ2v) is 23.9. The maximum atomic E-state index is 7.02. The Bertz CT molecular complexity index is 4280. The normalized spacial score (nSPS) is 13.6. The molecule has 0 N–H and O–H groups in total. The van der Waals surface area contributed by atoms with Crippen molar-refractivity contribution in [3.05, 3.63) is 156 Å². The topological polar surface area (TPSA) is 111 Å². The van der Waals surface area contributed by atoms with Gasteiger partial charge in [0.05, 0.1) is 48.8 Å². The molecule has 0 aliphatic carbocycles. The van der Waals surface area contributed by atoms with Gasteiger partial charge in [-0.25, -0.2) is 0 Å². The van der Waals surface area contributed by atoms with Crippen molar-refractivity contribution in [2.45, 2.75) is 0 Å². The lowest BCUT2D eigenvalue weighted by Gasteiger charge is -2.21. The monoisotopic (exact) mass is 1130 g/mol. The zero-order chi connectivity index (χ0) is 50.7. The van der Waals surface area contributed by atoms with Crippen LogP contribution in [-0.2, 0) is 0 Å². The van der Waals surface area contributed by atoms with E-state index in [-0.39, 0.29) is 0 Å². The molecule has 6 aromatic heterocycles. The molecule has 0 unspecified atom stereocenters. The lowest BCUT2D eigenvalue weighted by atomic mass is 10.2. The summed E-state index contributed by atoms with van der Waals surface area (Å²) in [6.45, 7) is 0. The highest BCUT2D eigenvalue weighted by Gasteiger charge is 2.43. The first kappa shape index (κ1) is 43.2. The molecular formula is C60H26O12S6. The molecule has 6 aliphatic rings. The van der Waals surface area contributed by atoms with E-state index in [1.165, 1.54) is 68.0 Å². The molecule has 0 bridgehead atoms. The van der Waals surface area contributed by atoms with Gasteiger partial charge >= 0.3 is 0 Å². The standard InChI is InChI=1S/C60H26O12S6/c1-3-15-29-27(13-1)61-39-25-73-51(41(39)63-29)53-43-45(67-33-19-7-5-17-31(33)65-43)55(75-53)57-47-49(71-37-23-11-9-21-35(37)69-47)59(77-57)60-50-48(70-36-22-10-12-24-38(36)72-50)58(78-60)56-46-44(66-32-18-6-8-20-34(32)68-46)54(76-56)52-42-40(26-74-52)62-28-14-2-4-16-30(28)64-42/h1-26H. The minimum absolute atomic E-state index is 0.500. The van der Waals surface area contributed by atoms with E-state index in [0.29, 0.717) is 138 Å². The molecule has 12 nitrogen and oxygen atoms in total. The summed E-state index contributed by atoms with van der Waals surface area (Å²) in [7, 11) is 0. The van der Waals surface area contributed by atoms with Crippen LogP contribution in [0.3, 0.4) is 0 Å². The van der Waals surface area contributed by atoms with Crippen LogP contribution < -0.4 is 56.8 Å². The molecule has 0 saturated carbocycles. The van der Waals surface area contributed by atoms with Crippen molar-refractivity contribution in [3.63, 3.8) is 0 Å². The highest BCUT2D eigenvalue weighted by atomic mass is 32.1. The second-order valence-electron chi connectivity index (χ2n) is 18.1. The molecule has 6 aromatic carbocycles. The van der Waals surface area contributed by atoms with Crippen LogP contribution in [0, 0.1) is 0 Å². The fourth-order valence-corrected chi connectivity index (χ4v) is 17.0. The quantitative estimate of drug-likeness (QED) is 0.164. The van der Waals surface area contributed by atoms with Crippen molar-refractivity contribution in [2.24, 2.45) is 0 Å². The molecule has 12 aromatic rings. The first-order valence-corrected chi connectivity index (χ1v) is 29.2. The number of rotatable bonds is 5. The molecule has 0 spiro atoms. The molecule has 18 rings (SSSR count). The van der Waals surface area contributed by atoms with E-state index in [1.54, 1.807) is 0 Å². The van der Waals surface area contributed by atoms with Crippen molar-refractivity contribution in [1.82, 2.24) is 0 Å². The van der Waals surface area contributed by atoms with Gasteiger partial charge in [0, 0.05) is 10.8 Å². The fraction of sp³-hybridized carbons (Fsp3) is 0. The number of hydrogen-bond acceptors (Lipinski definition) is 18. The molecule has 374 valence electrons. The fourth-order valence-electron chi connectivity index (χ4n) is 9.90. The van der Waals surface area contributed by atoms with E-state index in [4.69, 9.17) is 56.8 Å². The van der Waals surface area contributed by atoms with Crippen LogP contribution in [0.5, 0.6) is 138 Å². The molecule has 6 aliphatic heterocycles. The third-order valence-corrected chi connectivity index (χ3v) is 20.7. The number of thiophene rings is 6. The van der Waals surface area contributed by atoms with Gasteiger partial charge in [-0.3, -0.25) is 0 Å². The molecule has 0 fully saturated rings. The van der Waals surface area contributed by atoms with Crippen LogP contribution >= 0.6 is 68.0 Å². The maximum Gasteiger partial charge on any atom is 0.190 e. The second kappa shape index (κ2) is 16.3. The predicted molar refractivity (Wildman–Crippen MR) is 300 cm³/mol. The van der Waals surface area contributed by atoms with Gasteiger partial charge in [-0.1, -0.05) is 72.8 Å². The lowest BCUT2D eigenvalue weighted by Crippen LogP contribution is -2.00. The molecule has 0 atom stereocenters. The zero-order valence-corrected chi connectivity index (χ0v) is 44.3. The van der Waals surface area contributed by atoms with Crippen molar-refractivity contribution in [3.8, 4) is 187 Å². The molecule has 18 heteroatoms. The van der Waals surface area contributed by atoms with Crippen molar-refractivity contribution in [1.29, 1.82) is 0 Å². The summed E-state index contributed by atoms with van der Waals surface area (Å²) < 4.78 is 81.5. The van der Waals surface area contributed by atoms with Gasteiger partial charge in [0.1, 0.15) is 0 Å². The Balaban J connectivity index is 0.846. The smallest absolute Gasteiger partial charge is 0.190 e. The predicted octanol–water partition coefficient (Wildman–Crippen LogP) is 21.8. The van der Waals surface area contributed by atoms with E-state index < -0.39 is 0 Å². The number of benzene rings is 6. The Morgan fingerprint density at radius 2 is 0.333 bits per heavy atom. The van der Waals surface area contributed by atoms with Gasteiger partial charge in [0.25, 0.3) is 0 Å². The minimum atomic E-state index is 0.500. The van der Waals surface area contributed by atoms with Crippen LogP contribution in [-0.4, -0.2) is 0 Å². The van der Waals surface area contributed by atoms with Gasteiger partial charge in [-0.05, 0) is 72.8 Å². The van der Waals surface area contributed by atoms with Crippen molar-refractivity contribution >= 4 is 68.0 Å². The Labute approximate surface area is 464 Å². The number of ether oxygens (including phenoxy) is 12. The van der Waals surface area contributed by atoms with Gasteiger partial charge in [0.2, 0.25) is 0 Å². The van der Waals surface area contributed by atoms with Crippen LogP contribution in [0.25, 0.3) is 48.8 Å². The van der Waals surface area contributed by atoms with Crippen LogP contribution in [0.4, 0.5) is 0 Å². The Kier molecular flexibility index (Phi) is 9.05. The van der Waals surface area contributed by atoms with Gasteiger partial charge in [0.15, 0.2) is 138 Å². The summed E-state index contributed by atoms with van der Waals surface area (Å²) in [5.74, 6) is 13.7. The number of para-hydroxylation sites is 12. The minimum Gasteiger partial charge on any atom is -0.449 e. The highest BCUT2D eigenvalue weighted by Crippen LogP contribution is 2.72. The van der Waals surface area contributed by atoms with Crippen molar-refractivity contribution < 1.29 is 56.8 Å². The largest absolute Gasteiger partial charge is 0.449 e. The summed E-state index contributed by atoms with van der Waals surface area (Å²) in [4.78, 5) is 7.71. The first-order valence-electron chi connectivity index (χ1n) is 24.2. The zero-order valence-electron chi connectivity index (χ0n) is 39.4. The van der Waals surface area contributed by atoms with Crippen LogP contribution in [0.2, 0.25) is 0 Å². The summed E-state index contributed by atoms with van der Waals surface area (Å²) in [5, 5.41) is 3.92. The first-order chi connectivity index (χ1) is 38.6. The van der Waals surface area contributed by atoms with E-state index >= 15 is 0 Å². The van der Waals surface area contributed by atoms with Gasteiger partial charge in [-0.2, -0.15) is 0 Å². The SMILES string of the molecule is c1ccc2c(c1)Oc1csc(-c3sc(-c4sc(-c5sc(-c6sc(-c7scc8c7Oc7ccccc7O8)c7c6Oc6ccccc6O7)c6c5Oc5ccccc5O6)c5c4Oc4ccccc4O5)c4c3Oc3ccccc3O4)c1O2. The maximum absolute atomic E-state index is 7.02. The Hall–Kier alpha value is -8.88. The summed E-state index contributed by atoms with van der Waals surface area (Å²) >= 11 is 9.03. The van der Waals surface area contributed by atoms with E-state index in [9.17, 15) is 0 Å². The van der Waals surface area contributed by atoms with Crippen LogP contribution in [0.15, 0.2) is 156 Å². The van der Waals surface area contributed by atoms with Gasteiger partial charge in [-0.15, -0.1) is 68.0 Å². The summed E-state index contributed by atoms with van der Waals surface area (Å²) in [5.41, 5.74) is 0. The van der Waals surface area contributed by atoms with Gasteiger partial charge < -0.3 is 56.8 Å². The molecule has 78 heavy (non-hydrogen) atoms. The lowest BCUT2D eigenvalue weighted by molar-refractivity contribution is 0.358. The summed E-state index contributed by atoms with van der Waals surface area (Å²) in [6.07, 6.45) is 0. The highest BCUT2D eigenvalue weighted by molar-refractivity contribution is 7.31. The molecule has 0 amide bonds. The average molecular weight is 1130 g/mol. The third kappa shape index (κ3) is 6.34. The number of hydrogen-bond donors (Lipinski definition) is 0. The third-order valence-electron chi connectivity index (χ3n) is 13.4. The molecule has 0 radical (unpaired) electrons. The molecule has 0 saturated heterocycles. The van der Waals surface area contributed by atoms with Crippen molar-refractivity contribution in [2.75, 3.05) is 0 Å².